The fourth-order valence-electron chi connectivity index (χ4n) is 2.36. The number of halogens is 1. The van der Waals surface area contributed by atoms with E-state index in [9.17, 15) is 9.90 Å². The van der Waals surface area contributed by atoms with Gasteiger partial charge in [0.25, 0.3) is 5.91 Å². The molecule has 1 aromatic carbocycles. The van der Waals surface area contributed by atoms with Gasteiger partial charge in [-0.25, -0.2) is 0 Å². The molecule has 0 bridgehead atoms. The molecule has 1 aliphatic heterocycles. The van der Waals surface area contributed by atoms with E-state index in [4.69, 9.17) is 16.3 Å². The summed E-state index contributed by atoms with van der Waals surface area (Å²) >= 11 is 5.90. The SMILES string of the molecule is O=C(NC1CC(O)C1)C1Cc2cc(Cl)ccc2O1. The molecule has 0 radical (unpaired) electrons. The summed E-state index contributed by atoms with van der Waals surface area (Å²) in [5, 5.41) is 12.7. The number of benzene rings is 1. The first-order valence-corrected chi connectivity index (χ1v) is 6.43. The van der Waals surface area contributed by atoms with Crippen molar-refractivity contribution in [2.75, 3.05) is 0 Å². The second-order valence-corrected chi connectivity index (χ2v) is 5.33. The fraction of sp³-hybridized carbons (Fsp3) is 0.462. The molecule has 96 valence electrons. The minimum atomic E-state index is -0.476. The van der Waals surface area contributed by atoms with Crippen LogP contribution in [0.2, 0.25) is 5.02 Å². The second-order valence-electron chi connectivity index (χ2n) is 4.89. The van der Waals surface area contributed by atoms with Crippen LogP contribution in [0.1, 0.15) is 18.4 Å². The molecule has 3 rings (SSSR count). The molecule has 4 nitrogen and oxygen atoms in total. The van der Waals surface area contributed by atoms with Gasteiger partial charge in [0, 0.05) is 17.5 Å². The van der Waals surface area contributed by atoms with Gasteiger partial charge in [-0.15, -0.1) is 0 Å². The van der Waals surface area contributed by atoms with Gasteiger partial charge in [-0.3, -0.25) is 4.79 Å². The maximum atomic E-state index is 12.0. The predicted octanol–water partition coefficient (Wildman–Crippen LogP) is 1.28. The Bertz CT molecular complexity index is 485. The third kappa shape index (κ3) is 2.18. The van der Waals surface area contributed by atoms with E-state index in [1.54, 1.807) is 12.1 Å². The molecule has 2 N–H and O–H groups in total. The highest BCUT2D eigenvalue weighted by Gasteiger charge is 2.34. The van der Waals surface area contributed by atoms with Crippen LogP contribution in [0.15, 0.2) is 18.2 Å². The van der Waals surface area contributed by atoms with E-state index >= 15 is 0 Å². The van der Waals surface area contributed by atoms with Gasteiger partial charge in [0.1, 0.15) is 5.75 Å². The lowest BCUT2D eigenvalue weighted by Crippen LogP contribution is -2.50. The lowest BCUT2D eigenvalue weighted by molar-refractivity contribution is -0.129. The molecule has 0 aromatic heterocycles. The standard InChI is InChI=1S/C13H14ClNO3/c14-8-1-2-11-7(3-8)4-12(18-11)13(17)15-9-5-10(16)6-9/h1-3,9-10,12,16H,4-6H2,(H,15,17). The van der Waals surface area contributed by atoms with Crippen molar-refractivity contribution in [3.05, 3.63) is 28.8 Å². The van der Waals surface area contributed by atoms with E-state index in [-0.39, 0.29) is 18.1 Å². The number of nitrogens with one attached hydrogen (secondary N) is 1. The Morgan fingerprint density at radius 1 is 1.44 bits per heavy atom. The first kappa shape index (κ1) is 11.8. The van der Waals surface area contributed by atoms with E-state index < -0.39 is 6.10 Å². The molecule has 1 heterocycles. The number of amides is 1. The molecule has 1 saturated carbocycles. The Morgan fingerprint density at radius 3 is 2.94 bits per heavy atom. The molecule has 1 aromatic rings. The van der Waals surface area contributed by atoms with Crippen molar-refractivity contribution >= 4 is 17.5 Å². The molecule has 5 heteroatoms. The Balaban J connectivity index is 1.61. The summed E-state index contributed by atoms with van der Waals surface area (Å²) in [6, 6.07) is 5.46. The highest BCUT2D eigenvalue weighted by Crippen LogP contribution is 2.31. The molecular formula is C13H14ClNO3. The summed E-state index contributed by atoms with van der Waals surface area (Å²) in [4.78, 5) is 12.0. The number of aliphatic hydroxyl groups is 1. The number of hydrogen-bond donors (Lipinski definition) is 2. The van der Waals surface area contributed by atoms with Crippen LogP contribution in [-0.4, -0.2) is 29.3 Å². The molecule has 1 aliphatic carbocycles. The molecule has 0 saturated heterocycles. The van der Waals surface area contributed by atoms with Gasteiger partial charge in [0.15, 0.2) is 6.10 Å². The van der Waals surface area contributed by atoms with Crippen molar-refractivity contribution in [3.63, 3.8) is 0 Å². The Labute approximate surface area is 110 Å². The Morgan fingerprint density at radius 2 is 2.22 bits per heavy atom. The lowest BCUT2D eigenvalue weighted by Gasteiger charge is -2.32. The summed E-state index contributed by atoms with van der Waals surface area (Å²) in [7, 11) is 0. The molecule has 2 aliphatic rings. The van der Waals surface area contributed by atoms with Gasteiger partial charge in [-0.05, 0) is 36.6 Å². The van der Waals surface area contributed by atoms with Gasteiger partial charge < -0.3 is 15.2 Å². The lowest BCUT2D eigenvalue weighted by atomic mass is 9.89. The zero-order valence-corrected chi connectivity index (χ0v) is 10.5. The zero-order chi connectivity index (χ0) is 12.7. The van der Waals surface area contributed by atoms with E-state index in [0.29, 0.717) is 24.3 Å². The first-order valence-electron chi connectivity index (χ1n) is 6.05. The molecule has 1 fully saturated rings. The van der Waals surface area contributed by atoms with Crippen LogP contribution in [-0.2, 0) is 11.2 Å². The molecule has 18 heavy (non-hydrogen) atoms. The Kier molecular flexibility index (Phi) is 2.92. The van der Waals surface area contributed by atoms with E-state index in [2.05, 4.69) is 5.32 Å². The van der Waals surface area contributed by atoms with Crippen molar-refractivity contribution in [1.29, 1.82) is 0 Å². The van der Waals surface area contributed by atoms with Gasteiger partial charge >= 0.3 is 0 Å². The van der Waals surface area contributed by atoms with Crippen LogP contribution in [0.3, 0.4) is 0 Å². The maximum absolute atomic E-state index is 12.0. The van der Waals surface area contributed by atoms with Gasteiger partial charge in [0.2, 0.25) is 0 Å². The highest BCUT2D eigenvalue weighted by molar-refractivity contribution is 6.30. The number of rotatable bonds is 2. The smallest absolute Gasteiger partial charge is 0.261 e. The summed E-state index contributed by atoms with van der Waals surface area (Å²) in [6.07, 6.45) is 1.08. The second kappa shape index (κ2) is 4.44. The van der Waals surface area contributed by atoms with Crippen molar-refractivity contribution in [3.8, 4) is 5.75 Å². The Hall–Kier alpha value is -1.26. The number of carbonyl (C=O) groups is 1. The van der Waals surface area contributed by atoms with Crippen molar-refractivity contribution in [2.45, 2.75) is 37.5 Å². The third-order valence-electron chi connectivity index (χ3n) is 3.45. The van der Waals surface area contributed by atoms with Crippen LogP contribution in [0, 0.1) is 0 Å². The number of fused-ring (bicyclic) bond motifs is 1. The van der Waals surface area contributed by atoms with Crippen molar-refractivity contribution in [1.82, 2.24) is 5.32 Å². The summed E-state index contributed by atoms with van der Waals surface area (Å²) in [5.74, 6) is 0.618. The first-order chi connectivity index (χ1) is 8.61. The van der Waals surface area contributed by atoms with Gasteiger partial charge in [-0.1, -0.05) is 11.6 Å². The van der Waals surface area contributed by atoms with Gasteiger partial charge in [0.05, 0.1) is 6.10 Å². The quantitative estimate of drug-likeness (QED) is 0.849. The van der Waals surface area contributed by atoms with Gasteiger partial charge in [-0.2, -0.15) is 0 Å². The van der Waals surface area contributed by atoms with Crippen LogP contribution in [0.4, 0.5) is 0 Å². The number of ether oxygens (including phenoxy) is 1. The highest BCUT2D eigenvalue weighted by atomic mass is 35.5. The van der Waals surface area contributed by atoms with E-state index in [1.165, 1.54) is 0 Å². The molecular weight excluding hydrogens is 254 g/mol. The molecule has 1 amide bonds. The zero-order valence-electron chi connectivity index (χ0n) is 9.73. The maximum Gasteiger partial charge on any atom is 0.261 e. The van der Waals surface area contributed by atoms with Crippen LogP contribution in [0.5, 0.6) is 5.75 Å². The number of aliphatic hydroxyl groups excluding tert-OH is 1. The van der Waals surface area contributed by atoms with E-state index in [1.807, 2.05) is 6.07 Å². The third-order valence-corrected chi connectivity index (χ3v) is 3.68. The molecule has 0 spiro atoms. The molecule has 1 unspecified atom stereocenters. The van der Waals surface area contributed by atoms with Crippen LogP contribution >= 0.6 is 11.6 Å². The summed E-state index contributed by atoms with van der Waals surface area (Å²) < 4.78 is 5.59. The number of carbonyl (C=O) groups excluding carboxylic acids is 1. The summed E-state index contributed by atoms with van der Waals surface area (Å²) in [5.41, 5.74) is 0.969. The average Bonchev–Trinajstić information content (AvgIpc) is 2.69. The minimum Gasteiger partial charge on any atom is -0.480 e. The van der Waals surface area contributed by atoms with Crippen molar-refractivity contribution in [2.24, 2.45) is 0 Å². The average molecular weight is 268 g/mol. The minimum absolute atomic E-state index is 0.0865. The summed E-state index contributed by atoms with van der Waals surface area (Å²) in [6.45, 7) is 0. The number of hydrogen-bond acceptors (Lipinski definition) is 3. The fourth-order valence-corrected chi connectivity index (χ4v) is 2.56. The molecule has 1 atom stereocenters. The predicted molar refractivity (Wildman–Crippen MR) is 66.7 cm³/mol. The van der Waals surface area contributed by atoms with E-state index in [0.717, 1.165) is 11.3 Å². The normalized spacial score (nSPS) is 29.1. The largest absolute Gasteiger partial charge is 0.480 e. The monoisotopic (exact) mass is 267 g/mol. The van der Waals surface area contributed by atoms with Crippen LogP contribution in [0.25, 0.3) is 0 Å². The van der Waals surface area contributed by atoms with Crippen molar-refractivity contribution < 1.29 is 14.6 Å². The van der Waals surface area contributed by atoms with Crippen LogP contribution < -0.4 is 10.1 Å². The topological polar surface area (TPSA) is 58.6 Å².